The third kappa shape index (κ3) is 2.99. The Morgan fingerprint density at radius 1 is 1.35 bits per heavy atom. The number of rotatable bonds is 1. The second-order valence-corrected chi connectivity index (χ2v) is 5.44. The molecule has 5 nitrogen and oxygen atoms in total. The van der Waals surface area contributed by atoms with Gasteiger partial charge in [-0.1, -0.05) is 0 Å². The SMILES string of the molecule is CC(=O)C1=COC(C)(C)N1C(=O)OC(C)(C)C. The third-order valence-corrected chi connectivity index (χ3v) is 2.18. The first-order valence-corrected chi connectivity index (χ1v) is 5.47. The summed E-state index contributed by atoms with van der Waals surface area (Å²) in [6, 6.07) is 0. The monoisotopic (exact) mass is 241 g/mol. The fraction of sp³-hybridized carbons (Fsp3) is 0.667. The van der Waals surface area contributed by atoms with Crippen molar-refractivity contribution in [3.8, 4) is 0 Å². The first-order chi connectivity index (χ1) is 7.54. The van der Waals surface area contributed by atoms with E-state index in [0.29, 0.717) is 0 Å². The molecule has 17 heavy (non-hydrogen) atoms. The van der Waals surface area contributed by atoms with Crippen LogP contribution in [0.2, 0.25) is 0 Å². The number of hydrogen-bond donors (Lipinski definition) is 0. The Bertz CT molecular complexity index is 376. The van der Waals surface area contributed by atoms with Crippen molar-refractivity contribution in [3.05, 3.63) is 12.0 Å². The smallest absolute Gasteiger partial charge is 0.418 e. The van der Waals surface area contributed by atoms with Gasteiger partial charge in [0, 0.05) is 6.92 Å². The maximum Gasteiger partial charge on any atom is 0.418 e. The van der Waals surface area contributed by atoms with Crippen LogP contribution in [0.3, 0.4) is 0 Å². The standard InChI is InChI=1S/C12H19NO4/c1-8(14)9-7-16-12(5,6)13(9)10(15)17-11(2,3)4/h7H,1-6H3. The highest BCUT2D eigenvalue weighted by molar-refractivity contribution is 5.96. The minimum absolute atomic E-state index is 0.212. The number of hydrogen-bond acceptors (Lipinski definition) is 4. The molecule has 1 rings (SSSR count). The van der Waals surface area contributed by atoms with Gasteiger partial charge in [-0.2, -0.15) is 0 Å². The van der Waals surface area contributed by atoms with Crippen LogP contribution in [0, 0.1) is 0 Å². The van der Waals surface area contributed by atoms with Gasteiger partial charge in [-0.25, -0.2) is 9.69 Å². The van der Waals surface area contributed by atoms with E-state index >= 15 is 0 Å². The quantitative estimate of drug-likeness (QED) is 0.707. The Balaban J connectivity index is 2.96. The molecule has 1 amide bonds. The molecule has 0 spiro atoms. The number of amides is 1. The molecular weight excluding hydrogens is 222 g/mol. The molecule has 96 valence electrons. The van der Waals surface area contributed by atoms with Gasteiger partial charge in [-0.15, -0.1) is 0 Å². The second kappa shape index (κ2) is 4.05. The maximum absolute atomic E-state index is 12.0. The van der Waals surface area contributed by atoms with Crippen LogP contribution in [-0.4, -0.2) is 28.1 Å². The largest absolute Gasteiger partial charge is 0.473 e. The molecule has 0 saturated heterocycles. The van der Waals surface area contributed by atoms with E-state index in [0.717, 1.165) is 0 Å². The molecule has 1 aliphatic heterocycles. The zero-order chi connectivity index (χ0) is 13.4. The lowest BCUT2D eigenvalue weighted by Crippen LogP contribution is -2.47. The molecule has 0 saturated carbocycles. The van der Waals surface area contributed by atoms with Crippen LogP contribution < -0.4 is 0 Å². The van der Waals surface area contributed by atoms with Gasteiger partial charge in [0.05, 0.1) is 0 Å². The van der Waals surface area contributed by atoms with Crippen LogP contribution >= 0.6 is 0 Å². The molecule has 0 unspecified atom stereocenters. The Hall–Kier alpha value is -1.52. The van der Waals surface area contributed by atoms with Gasteiger partial charge in [0.15, 0.2) is 11.5 Å². The molecule has 0 bridgehead atoms. The van der Waals surface area contributed by atoms with Crippen molar-refractivity contribution in [3.63, 3.8) is 0 Å². The van der Waals surface area contributed by atoms with E-state index in [4.69, 9.17) is 9.47 Å². The van der Waals surface area contributed by atoms with Gasteiger partial charge in [0.1, 0.15) is 17.6 Å². The Kier molecular flexibility index (Phi) is 3.23. The summed E-state index contributed by atoms with van der Waals surface area (Å²) in [6.45, 7) is 10.1. The van der Waals surface area contributed by atoms with E-state index < -0.39 is 17.4 Å². The first-order valence-electron chi connectivity index (χ1n) is 5.47. The molecule has 1 heterocycles. The number of nitrogens with zero attached hydrogens (tertiary/aromatic N) is 1. The summed E-state index contributed by atoms with van der Waals surface area (Å²) in [5.41, 5.74) is -1.30. The van der Waals surface area contributed by atoms with E-state index in [1.807, 2.05) is 0 Å². The fourth-order valence-electron chi connectivity index (χ4n) is 1.46. The third-order valence-electron chi connectivity index (χ3n) is 2.18. The van der Waals surface area contributed by atoms with Crippen LogP contribution in [0.1, 0.15) is 41.5 Å². The van der Waals surface area contributed by atoms with E-state index in [1.165, 1.54) is 18.1 Å². The summed E-state index contributed by atoms with van der Waals surface area (Å²) in [5, 5.41) is 0. The highest BCUT2D eigenvalue weighted by atomic mass is 16.6. The molecule has 0 atom stereocenters. The molecule has 0 fully saturated rings. The van der Waals surface area contributed by atoms with Gasteiger partial charge in [-0.05, 0) is 34.6 Å². The van der Waals surface area contributed by atoms with Crippen LogP contribution in [0.4, 0.5) is 4.79 Å². The average Bonchev–Trinajstić information content (AvgIpc) is 2.37. The summed E-state index contributed by atoms with van der Waals surface area (Å²) in [5.74, 6) is -0.235. The molecule has 5 heteroatoms. The van der Waals surface area contributed by atoms with E-state index in [2.05, 4.69) is 0 Å². The number of Topliss-reactive ketones (excluding diaryl/α,β-unsaturated/α-hetero) is 1. The maximum atomic E-state index is 12.0. The summed E-state index contributed by atoms with van der Waals surface area (Å²) in [6.07, 6.45) is 0.716. The highest BCUT2D eigenvalue weighted by Crippen LogP contribution is 2.31. The second-order valence-electron chi connectivity index (χ2n) is 5.44. The van der Waals surface area contributed by atoms with Crippen molar-refractivity contribution >= 4 is 11.9 Å². The minimum atomic E-state index is -0.899. The normalized spacial score (nSPS) is 18.5. The van der Waals surface area contributed by atoms with Gasteiger partial charge < -0.3 is 9.47 Å². The Morgan fingerprint density at radius 3 is 2.29 bits per heavy atom. The van der Waals surface area contributed by atoms with Crippen molar-refractivity contribution < 1.29 is 19.1 Å². The van der Waals surface area contributed by atoms with Crippen molar-refractivity contribution in [2.75, 3.05) is 0 Å². The van der Waals surface area contributed by atoms with Crippen molar-refractivity contribution in [2.24, 2.45) is 0 Å². The van der Waals surface area contributed by atoms with E-state index in [1.54, 1.807) is 34.6 Å². The molecule has 0 aromatic carbocycles. The molecule has 0 N–H and O–H groups in total. The van der Waals surface area contributed by atoms with Crippen LogP contribution in [-0.2, 0) is 14.3 Å². The van der Waals surface area contributed by atoms with Crippen LogP contribution in [0.15, 0.2) is 12.0 Å². The summed E-state index contributed by atoms with van der Waals surface area (Å²) < 4.78 is 10.6. The number of carbonyl (C=O) groups excluding carboxylic acids is 2. The Labute approximate surface area is 101 Å². The van der Waals surface area contributed by atoms with Crippen molar-refractivity contribution in [1.29, 1.82) is 0 Å². The van der Waals surface area contributed by atoms with Gasteiger partial charge >= 0.3 is 6.09 Å². The van der Waals surface area contributed by atoms with E-state index in [-0.39, 0.29) is 11.5 Å². The summed E-state index contributed by atoms with van der Waals surface area (Å²) in [4.78, 5) is 24.7. The number of allylic oxidation sites excluding steroid dienone is 1. The van der Waals surface area contributed by atoms with Gasteiger partial charge in [-0.3, -0.25) is 4.79 Å². The number of carbonyl (C=O) groups is 2. The summed E-state index contributed by atoms with van der Waals surface area (Å²) >= 11 is 0. The van der Waals surface area contributed by atoms with Crippen molar-refractivity contribution in [1.82, 2.24) is 4.90 Å². The lowest BCUT2D eigenvalue weighted by Gasteiger charge is -2.33. The predicted octanol–water partition coefficient (Wildman–Crippen LogP) is 2.42. The van der Waals surface area contributed by atoms with Crippen molar-refractivity contribution in [2.45, 2.75) is 52.9 Å². The zero-order valence-corrected chi connectivity index (χ0v) is 11.2. The topological polar surface area (TPSA) is 55.8 Å². The molecule has 0 radical (unpaired) electrons. The summed E-state index contributed by atoms with van der Waals surface area (Å²) in [7, 11) is 0. The zero-order valence-electron chi connectivity index (χ0n) is 11.2. The molecule has 1 aliphatic rings. The Morgan fingerprint density at radius 2 is 1.88 bits per heavy atom. The number of ketones is 1. The lowest BCUT2D eigenvalue weighted by molar-refractivity contribution is -0.116. The molecule has 0 aromatic heterocycles. The fourth-order valence-corrected chi connectivity index (χ4v) is 1.46. The van der Waals surface area contributed by atoms with Gasteiger partial charge in [0.2, 0.25) is 0 Å². The average molecular weight is 241 g/mol. The highest BCUT2D eigenvalue weighted by Gasteiger charge is 2.43. The van der Waals surface area contributed by atoms with Crippen LogP contribution in [0.25, 0.3) is 0 Å². The first kappa shape index (κ1) is 13.5. The molecular formula is C12H19NO4. The lowest BCUT2D eigenvalue weighted by atomic mass is 10.2. The van der Waals surface area contributed by atoms with Gasteiger partial charge in [0.25, 0.3) is 0 Å². The van der Waals surface area contributed by atoms with Crippen LogP contribution in [0.5, 0.6) is 0 Å². The minimum Gasteiger partial charge on any atom is -0.473 e. The van der Waals surface area contributed by atoms with E-state index in [9.17, 15) is 9.59 Å². The number of ether oxygens (including phenoxy) is 2. The molecule has 0 aliphatic carbocycles. The predicted molar refractivity (Wildman–Crippen MR) is 62.0 cm³/mol. The molecule has 0 aromatic rings.